The molecule has 8 heteroatoms. The highest BCUT2D eigenvalue weighted by Crippen LogP contribution is 2.01. The van der Waals surface area contributed by atoms with Crippen molar-refractivity contribution < 1.29 is 17.9 Å². The first-order valence-corrected chi connectivity index (χ1v) is 7.80. The molecule has 0 aliphatic heterocycles. The van der Waals surface area contributed by atoms with E-state index in [9.17, 15) is 13.2 Å². The van der Waals surface area contributed by atoms with Crippen LogP contribution < -0.4 is 10.1 Å². The van der Waals surface area contributed by atoms with Crippen LogP contribution in [-0.2, 0) is 21.6 Å². The lowest BCUT2D eigenvalue weighted by atomic mass is 10.2. The number of hydrogen-bond acceptors (Lipinski definition) is 5. The normalized spacial score (nSPS) is 10.8. The molecule has 0 saturated carbocycles. The molecule has 1 N–H and O–H groups in total. The van der Waals surface area contributed by atoms with Crippen molar-refractivity contribution in [2.24, 2.45) is 4.99 Å². The third-order valence-corrected chi connectivity index (χ3v) is 3.97. The molecule has 0 aliphatic carbocycles. The number of rotatable bonds is 4. The summed E-state index contributed by atoms with van der Waals surface area (Å²) in [4.78, 5) is 15.5. The van der Waals surface area contributed by atoms with Crippen LogP contribution in [0.2, 0.25) is 0 Å². The van der Waals surface area contributed by atoms with Crippen molar-refractivity contribution in [1.29, 1.82) is 0 Å². The molecule has 0 fully saturated rings. The van der Waals surface area contributed by atoms with Crippen molar-refractivity contribution in [3.63, 3.8) is 0 Å². The number of hydrogen-bond donors (Lipinski definition) is 1. The maximum Gasteiger partial charge on any atom is 0.422 e. The lowest BCUT2D eigenvalue weighted by Gasteiger charge is -2.10. The van der Waals surface area contributed by atoms with Gasteiger partial charge in [0.25, 0.3) is 0 Å². The summed E-state index contributed by atoms with van der Waals surface area (Å²) < 4.78 is 31.5. The van der Waals surface area contributed by atoms with E-state index < -0.39 is 16.3 Å². The summed E-state index contributed by atoms with van der Waals surface area (Å²) in [5, 5.41) is 0.623. The Bertz CT molecular complexity index is 793. The van der Waals surface area contributed by atoms with Gasteiger partial charge in [-0.1, -0.05) is 30.3 Å². The van der Waals surface area contributed by atoms with Crippen molar-refractivity contribution in [3.05, 3.63) is 65.8 Å². The molecule has 0 bridgehead atoms. The molecule has 0 saturated heterocycles. The van der Waals surface area contributed by atoms with Crippen LogP contribution in [0, 0.1) is 0 Å². The fourth-order valence-electron chi connectivity index (χ4n) is 1.62. The minimum atomic E-state index is -4.04. The molecule has 0 radical (unpaired) electrons. The molecule has 0 spiro atoms. The minimum Gasteiger partial charge on any atom is -0.444 e. The molecule has 116 valence electrons. The zero-order valence-electron chi connectivity index (χ0n) is 11.8. The molecular formula is C14H15N3O4S. The highest BCUT2D eigenvalue weighted by Gasteiger charge is 2.16. The molecule has 1 aromatic carbocycles. The molecule has 2 rings (SSSR count). The van der Waals surface area contributed by atoms with E-state index in [4.69, 9.17) is 4.74 Å². The largest absolute Gasteiger partial charge is 0.444 e. The maximum atomic E-state index is 12.0. The van der Waals surface area contributed by atoms with Crippen LogP contribution in [0.25, 0.3) is 0 Å². The number of nitrogens with zero attached hydrogens (tertiary/aromatic N) is 2. The van der Waals surface area contributed by atoms with Gasteiger partial charge in [-0.15, -0.1) is 0 Å². The van der Waals surface area contributed by atoms with Crippen LogP contribution in [0.4, 0.5) is 4.79 Å². The number of aromatic nitrogens is 1. The zero-order chi connectivity index (χ0) is 16.0. The Hall–Kier alpha value is -2.61. The number of pyridine rings is 1. The van der Waals surface area contributed by atoms with Gasteiger partial charge < -0.3 is 4.74 Å². The van der Waals surface area contributed by atoms with Crippen LogP contribution >= 0.6 is 0 Å². The first-order valence-electron chi connectivity index (χ1n) is 6.36. The summed E-state index contributed by atoms with van der Waals surface area (Å²) in [6, 6.07) is 12.0. The van der Waals surface area contributed by atoms with E-state index in [-0.39, 0.29) is 6.61 Å². The predicted molar refractivity (Wildman–Crippen MR) is 80.0 cm³/mol. The highest BCUT2D eigenvalue weighted by atomic mass is 32.2. The second-order valence-electron chi connectivity index (χ2n) is 4.28. The van der Waals surface area contributed by atoms with Crippen molar-refractivity contribution in [3.8, 4) is 0 Å². The summed E-state index contributed by atoms with van der Waals surface area (Å²) in [7, 11) is -2.45. The quantitative estimate of drug-likeness (QED) is 0.911. The zero-order valence-corrected chi connectivity index (χ0v) is 12.7. The Kier molecular flexibility index (Phi) is 4.95. The maximum absolute atomic E-state index is 12.0. The third-order valence-electron chi connectivity index (χ3n) is 2.75. The van der Waals surface area contributed by atoms with Crippen LogP contribution in [0.1, 0.15) is 5.56 Å². The average molecular weight is 321 g/mol. The van der Waals surface area contributed by atoms with Gasteiger partial charge in [-0.25, -0.2) is 13.5 Å². The van der Waals surface area contributed by atoms with E-state index >= 15 is 0 Å². The Labute approximate surface area is 128 Å². The SMILES string of the molecule is CN=c1ccn(S(=O)(=O)NC(=O)OCc2ccccc2)cc1. The van der Waals surface area contributed by atoms with Gasteiger partial charge in [0.15, 0.2) is 0 Å². The third kappa shape index (κ3) is 4.19. The Morgan fingerprint density at radius 2 is 1.82 bits per heavy atom. The second kappa shape index (κ2) is 6.90. The standard InChI is InChI=1S/C14H15N3O4S/c1-15-13-7-9-17(10-8-13)22(19,20)16-14(18)21-11-12-5-3-2-4-6-12/h2-10H,11H2,1H3,(H,16,18). The van der Waals surface area contributed by atoms with Crippen LogP contribution in [0.3, 0.4) is 0 Å². The molecule has 1 amide bonds. The van der Waals surface area contributed by atoms with E-state index in [0.717, 1.165) is 9.54 Å². The van der Waals surface area contributed by atoms with Gasteiger partial charge in [-0.2, -0.15) is 8.42 Å². The average Bonchev–Trinajstić information content (AvgIpc) is 2.53. The van der Waals surface area contributed by atoms with Gasteiger partial charge in [0, 0.05) is 19.4 Å². The second-order valence-corrected chi connectivity index (χ2v) is 5.85. The highest BCUT2D eigenvalue weighted by molar-refractivity contribution is 7.88. The lowest BCUT2D eigenvalue weighted by Crippen LogP contribution is -2.35. The summed E-state index contributed by atoms with van der Waals surface area (Å²) in [5.74, 6) is 0. The molecule has 22 heavy (non-hydrogen) atoms. The van der Waals surface area contributed by atoms with E-state index in [1.54, 1.807) is 31.3 Å². The van der Waals surface area contributed by atoms with Crippen molar-refractivity contribution in [2.45, 2.75) is 6.61 Å². The van der Waals surface area contributed by atoms with E-state index in [2.05, 4.69) is 4.99 Å². The first-order chi connectivity index (χ1) is 10.5. The van der Waals surface area contributed by atoms with Gasteiger partial charge in [0.2, 0.25) is 0 Å². The number of benzene rings is 1. The molecule has 0 atom stereocenters. The van der Waals surface area contributed by atoms with E-state index in [1.807, 2.05) is 10.8 Å². The molecule has 0 unspecified atom stereocenters. The number of ether oxygens (including phenoxy) is 1. The summed E-state index contributed by atoms with van der Waals surface area (Å²) in [6.07, 6.45) is 1.53. The summed E-state index contributed by atoms with van der Waals surface area (Å²) in [6.45, 7) is -0.0134. The van der Waals surface area contributed by atoms with Gasteiger partial charge in [-0.05, 0) is 17.7 Å². The Morgan fingerprint density at radius 3 is 2.41 bits per heavy atom. The Morgan fingerprint density at radius 1 is 1.18 bits per heavy atom. The lowest BCUT2D eigenvalue weighted by molar-refractivity contribution is 0.146. The molecule has 1 heterocycles. The molecular weight excluding hydrogens is 306 g/mol. The summed E-state index contributed by atoms with van der Waals surface area (Å²) in [5.41, 5.74) is 0.761. The monoisotopic (exact) mass is 321 g/mol. The topological polar surface area (TPSA) is 89.8 Å². The van der Waals surface area contributed by atoms with Gasteiger partial charge >= 0.3 is 16.3 Å². The fraction of sp³-hybridized carbons (Fsp3) is 0.143. The van der Waals surface area contributed by atoms with Crippen molar-refractivity contribution in [1.82, 2.24) is 8.69 Å². The van der Waals surface area contributed by atoms with Gasteiger partial charge in [-0.3, -0.25) is 4.99 Å². The fourth-order valence-corrected chi connectivity index (χ4v) is 2.44. The number of carbonyl (C=O) groups is 1. The van der Waals surface area contributed by atoms with Crippen LogP contribution in [-0.4, -0.2) is 25.5 Å². The van der Waals surface area contributed by atoms with Crippen molar-refractivity contribution in [2.75, 3.05) is 7.05 Å². The number of carbonyl (C=O) groups excluding carboxylic acids is 1. The van der Waals surface area contributed by atoms with E-state index in [0.29, 0.717) is 5.36 Å². The molecule has 2 aromatic rings. The minimum absolute atomic E-state index is 0.0134. The molecule has 0 aliphatic rings. The van der Waals surface area contributed by atoms with E-state index in [1.165, 1.54) is 24.5 Å². The van der Waals surface area contributed by atoms with Crippen molar-refractivity contribution >= 4 is 16.3 Å². The first kappa shape index (κ1) is 15.8. The van der Waals surface area contributed by atoms with Gasteiger partial charge in [0.05, 0.1) is 5.36 Å². The Balaban J connectivity index is 2.00. The smallest absolute Gasteiger partial charge is 0.422 e. The van der Waals surface area contributed by atoms with Gasteiger partial charge in [0.1, 0.15) is 6.61 Å². The van der Waals surface area contributed by atoms with Crippen LogP contribution in [0.15, 0.2) is 59.9 Å². The van der Waals surface area contributed by atoms with Crippen LogP contribution in [0.5, 0.6) is 0 Å². The number of amides is 1. The molecule has 1 aromatic heterocycles. The number of nitrogens with one attached hydrogen (secondary N) is 1. The predicted octanol–water partition coefficient (Wildman–Crippen LogP) is 1.04. The molecule has 7 nitrogen and oxygen atoms in total. The summed E-state index contributed by atoms with van der Waals surface area (Å²) >= 11 is 0.